The number of nitrogens with one attached hydrogen (secondary N) is 1. The van der Waals surface area contributed by atoms with Gasteiger partial charge >= 0.3 is 0 Å². The van der Waals surface area contributed by atoms with Gasteiger partial charge in [-0.1, -0.05) is 15.9 Å². The summed E-state index contributed by atoms with van der Waals surface area (Å²) in [4.78, 5) is 10.3. The third-order valence-corrected chi connectivity index (χ3v) is 3.05. The van der Waals surface area contributed by atoms with Crippen LogP contribution in [0, 0.1) is 14.9 Å². The summed E-state index contributed by atoms with van der Waals surface area (Å²) in [6, 6.07) is 4.64. The SMILES string of the molecule is Cn1c(-c2cc(Br)cc([N+](=O)[O-])c2)n[nH]c1=S. The van der Waals surface area contributed by atoms with Gasteiger partial charge in [0.25, 0.3) is 5.69 Å². The monoisotopic (exact) mass is 314 g/mol. The third-order valence-electron chi connectivity index (χ3n) is 2.23. The molecule has 0 saturated heterocycles. The fourth-order valence-electron chi connectivity index (χ4n) is 1.41. The number of hydrogen-bond donors (Lipinski definition) is 1. The number of H-pyrrole nitrogens is 1. The molecular formula is C9H7BrN4O2S. The lowest BCUT2D eigenvalue weighted by atomic mass is 10.2. The van der Waals surface area contributed by atoms with E-state index in [0.29, 0.717) is 20.6 Å². The number of nitrogens with zero attached hydrogens (tertiary/aromatic N) is 3. The lowest BCUT2D eigenvalue weighted by molar-refractivity contribution is -0.384. The fraction of sp³-hybridized carbons (Fsp3) is 0.111. The first-order chi connectivity index (χ1) is 7.99. The molecule has 0 aliphatic carbocycles. The van der Waals surface area contributed by atoms with Crippen LogP contribution in [0.25, 0.3) is 11.4 Å². The summed E-state index contributed by atoms with van der Waals surface area (Å²) in [6.07, 6.45) is 0. The lowest BCUT2D eigenvalue weighted by Crippen LogP contribution is -1.94. The summed E-state index contributed by atoms with van der Waals surface area (Å²) in [5.41, 5.74) is 0.629. The van der Waals surface area contributed by atoms with Gasteiger partial charge in [0.1, 0.15) is 0 Å². The van der Waals surface area contributed by atoms with Crippen LogP contribution in [0.15, 0.2) is 22.7 Å². The van der Waals surface area contributed by atoms with Crippen LogP contribution in [0.2, 0.25) is 0 Å². The van der Waals surface area contributed by atoms with Gasteiger partial charge in [-0.2, -0.15) is 5.10 Å². The predicted octanol–water partition coefficient (Wildman–Crippen LogP) is 2.82. The zero-order valence-corrected chi connectivity index (χ0v) is 11.1. The Hall–Kier alpha value is -1.54. The summed E-state index contributed by atoms with van der Waals surface area (Å²) < 4.78 is 2.74. The van der Waals surface area contributed by atoms with E-state index in [0.717, 1.165) is 0 Å². The molecule has 0 fully saturated rings. The van der Waals surface area contributed by atoms with Crippen molar-refractivity contribution in [3.63, 3.8) is 0 Å². The number of aromatic nitrogens is 3. The van der Waals surface area contributed by atoms with Gasteiger partial charge < -0.3 is 4.57 Å². The predicted molar refractivity (Wildman–Crippen MR) is 68.2 cm³/mol. The molecule has 0 aliphatic rings. The molecule has 1 heterocycles. The minimum atomic E-state index is -0.449. The lowest BCUT2D eigenvalue weighted by Gasteiger charge is -2.01. The Bertz CT molecular complexity index is 649. The van der Waals surface area contributed by atoms with Crippen LogP contribution in [0.5, 0.6) is 0 Å². The number of aromatic amines is 1. The molecule has 0 atom stereocenters. The molecule has 8 heteroatoms. The van der Waals surface area contributed by atoms with E-state index in [-0.39, 0.29) is 5.69 Å². The van der Waals surface area contributed by atoms with Crippen molar-refractivity contribution in [2.75, 3.05) is 0 Å². The molecule has 17 heavy (non-hydrogen) atoms. The number of hydrogen-bond acceptors (Lipinski definition) is 4. The van der Waals surface area contributed by atoms with Crippen molar-refractivity contribution in [2.24, 2.45) is 7.05 Å². The molecule has 0 aliphatic heterocycles. The van der Waals surface area contributed by atoms with Crippen molar-refractivity contribution in [1.29, 1.82) is 0 Å². The first-order valence-corrected chi connectivity index (χ1v) is 5.76. The third kappa shape index (κ3) is 2.27. The van der Waals surface area contributed by atoms with Crippen LogP contribution in [-0.2, 0) is 7.05 Å². The first kappa shape index (κ1) is 11.9. The normalized spacial score (nSPS) is 10.5. The van der Waals surface area contributed by atoms with Gasteiger partial charge in [-0.05, 0) is 18.3 Å². The summed E-state index contributed by atoms with van der Waals surface area (Å²) in [6.45, 7) is 0. The number of non-ortho nitro benzene ring substituents is 1. The Morgan fingerprint density at radius 2 is 2.24 bits per heavy atom. The van der Waals surface area contributed by atoms with Gasteiger partial charge in [-0.25, -0.2) is 0 Å². The van der Waals surface area contributed by atoms with Crippen molar-refractivity contribution < 1.29 is 4.92 Å². The van der Waals surface area contributed by atoms with Crippen molar-refractivity contribution >= 4 is 33.8 Å². The van der Waals surface area contributed by atoms with E-state index in [1.54, 1.807) is 17.7 Å². The van der Waals surface area contributed by atoms with Gasteiger partial charge in [0.05, 0.1) is 4.92 Å². The van der Waals surface area contributed by atoms with Crippen LogP contribution in [0.4, 0.5) is 5.69 Å². The highest BCUT2D eigenvalue weighted by atomic mass is 79.9. The maximum Gasteiger partial charge on any atom is 0.271 e. The van der Waals surface area contributed by atoms with Crippen LogP contribution in [0.1, 0.15) is 0 Å². The Kier molecular flexibility index (Phi) is 3.07. The highest BCUT2D eigenvalue weighted by Crippen LogP contribution is 2.27. The average molecular weight is 315 g/mol. The highest BCUT2D eigenvalue weighted by molar-refractivity contribution is 9.10. The topological polar surface area (TPSA) is 76.8 Å². The van der Waals surface area contributed by atoms with Crippen LogP contribution < -0.4 is 0 Å². The summed E-state index contributed by atoms with van der Waals surface area (Å²) >= 11 is 8.22. The summed E-state index contributed by atoms with van der Waals surface area (Å²) in [5, 5.41) is 17.4. The summed E-state index contributed by atoms with van der Waals surface area (Å²) in [7, 11) is 1.74. The quantitative estimate of drug-likeness (QED) is 0.525. The Labute approximate surface area is 110 Å². The van der Waals surface area contributed by atoms with E-state index in [2.05, 4.69) is 26.1 Å². The molecule has 88 valence electrons. The number of nitro benzene ring substituents is 1. The van der Waals surface area contributed by atoms with Gasteiger partial charge in [-0.3, -0.25) is 15.2 Å². The molecule has 1 aromatic carbocycles. The molecule has 0 bridgehead atoms. The van der Waals surface area contributed by atoms with E-state index >= 15 is 0 Å². The molecule has 0 unspecified atom stereocenters. The first-order valence-electron chi connectivity index (χ1n) is 4.56. The van der Waals surface area contributed by atoms with Gasteiger partial charge in [0.15, 0.2) is 10.6 Å². The van der Waals surface area contributed by atoms with Crippen LogP contribution in [-0.4, -0.2) is 19.7 Å². The van der Waals surface area contributed by atoms with E-state index < -0.39 is 4.92 Å². The molecule has 1 aromatic heterocycles. The number of nitro groups is 1. The number of benzene rings is 1. The van der Waals surface area contributed by atoms with Gasteiger partial charge in [-0.15, -0.1) is 0 Å². The molecular weight excluding hydrogens is 308 g/mol. The second-order valence-corrected chi connectivity index (χ2v) is 4.67. The van der Waals surface area contributed by atoms with Crippen molar-refractivity contribution in [3.05, 3.63) is 37.6 Å². The van der Waals surface area contributed by atoms with E-state index in [1.807, 2.05) is 0 Å². The van der Waals surface area contributed by atoms with Gasteiger partial charge in [0, 0.05) is 29.2 Å². The Balaban J connectivity index is 2.64. The molecule has 0 amide bonds. The molecule has 2 aromatic rings. The minimum Gasteiger partial charge on any atom is -0.303 e. The van der Waals surface area contributed by atoms with Crippen LogP contribution >= 0.6 is 28.1 Å². The maximum atomic E-state index is 10.8. The smallest absolute Gasteiger partial charge is 0.271 e. The Morgan fingerprint density at radius 1 is 1.53 bits per heavy atom. The van der Waals surface area contributed by atoms with E-state index in [1.165, 1.54) is 12.1 Å². The van der Waals surface area contributed by atoms with Crippen molar-refractivity contribution in [1.82, 2.24) is 14.8 Å². The standard InChI is InChI=1S/C9H7BrN4O2S/c1-13-8(11-12-9(13)17)5-2-6(10)4-7(3-5)14(15)16/h2-4H,1H3,(H,12,17). The number of rotatable bonds is 2. The number of halogens is 1. The largest absolute Gasteiger partial charge is 0.303 e. The molecule has 0 radical (unpaired) electrons. The zero-order chi connectivity index (χ0) is 12.6. The van der Waals surface area contributed by atoms with Crippen LogP contribution in [0.3, 0.4) is 0 Å². The molecule has 2 rings (SSSR count). The minimum absolute atomic E-state index is 0.00305. The Morgan fingerprint density at radius 3 is 2.76 bits per heavy atom. The van der Waals surface area contributed by atoms with Gasteiger partial charge in [0.2, 0.25) is 0 Å². The van der Waals surface area contributed by atoms with Crippen molar-refractivity contribution in [2.45, 2.75) is 0 Å². The zero-order valence-electron chi connectivity index (χ0n) is 8.68. The highest BCUT2D eigenvalue weighted by Gasteiger charge is 2.13. The van der Waals surface area contributed by atoms with Crippen molar-refractivity contribution in [3.8, 4) is 11.4 Å². The maximum absolute atomic E-state index is 10.8. The summed E-state index contributed by atoms with van der Waals surface area (Å²) in [5.74, 6) is 0.555. The van der Waals surface area contributed by atoms with E-state index in [4.69, 9.17) is 12.2 Å². The molecule has 1 N–H and O–H groups in total. The van der Waals surface area contributed by atoms with E-state index in [9.17, 15) is 10.1 Å². The second kappa shape index (κ2) is 4.38. The molecule has 0 saturated carbocycles. The molecule has 6 nitrogen and oxygen atoms in total. The second-order valence-electron chi connectivity index (χ2n) is 3.37. The fourth-order valence-corrected chi connectivity index (χ4v) is 2.03. The average Bonchev–Trinajstić information content (AvgIpc) is 2.59. The molecule has 0 spiro atoms.